The van der Waals surface area contributed by atoms with Gasteiger partial charge in [0.1, 0.15) is 31.1 Å². The summed E-state index contributed by atoms with van der Waals surface area (Å²) in [6, 6.07) is 6.22. The molecule has 1 aromatic carbocycles. The van der Waals surface area contributed by atoms with E-state index in [0.29, 0.717) is 18.5 Å². The molecule has 3 heterocycles. The quantitative estimate of drug-likeness (QED) is 0.512. The first kappa shape index (κ1) is 24.3. The van der Waals surface area contributed by atoms with Crippen LogP contribution in [-0.2, 0) is 9.47 Å². The number of likely N-dealkylation sites (N-methyl/N-ethyl adjacent to an activating group) is 1. The van der Waals surface area contributed by atoms with Gasteiger partial charge in [0.2, 0.25) is 5.88 Å². The maximum Gasteiger partial charge on any atom is 0.232 e. The van der Waals surface area contributed by atoms with Crippen LogP contribution in [0.15, 0.2) is 72.7 Å². The standard InChI is InChI=1S/C28H34N4O4/c1-31(28(21-6-4-3-5-7-21)26-20-34-16-17-35-26)22-10-12-32(13-11-22)14-15-36-27-19-29-24-9-8-23(33-2)18-25(24)30-27/h3-4,6,8-9,16-20,22,28H,5,7,10-15H2,1-2H3. The fourth-order valence-electron chi connectivity index (χ4n) is 5.11. The van der Waals surface area contributed by atoms with Crippen molar-refractivity contribution in [1.82, 2.24) is 19.8 Å². The molecule has 0 N–H and O–H groups in total. The Labute approximate surface area is 212 Å². The van der Waals surface area contributed by atoms with Crippen LogP contribution >= 0.6 is 0 Å². The van der Waals surface area contributed by atoms with Gasteiger partial charge in [0.15, 0.2) is 5.76 Å². The fourth-order valence-corrected chi connectivity index (χ4v) is 5.11. The molecular weight excluding hydrogens is 456 g/mol. The minimum Gasteiger partial charge on any atom is -0.497 e. The average Bonchev–Trinajstić information content (AvgIpc) is 2.94. The van der Waals surface area contributed by atoms with Crippen LogP contribution < -0.4 is 9.47 Å². The molecule has 2 aliphatic heterocycles. The Bertz CT molecular complexity index is 1170. The third kappa shape index (κ3) is 5.71. The molecule has 1 saturated heterocycles. The van der Waals surface area contributed by atoms with Crippen LogP contribution in [0, 0.1) is 0 Å². The number of piperidine rings is 1. The Morgan fingerprint density at radius 1 is 1.19 bits per heavy atom. The molecule has 3 aliphatic rings. The maximum atomic E-state index is 5.94. The van der Waals surface area contributed by atoms with Crippen molar-refractivity contribution in [2.75, 3.05) is 40.4 Å². The normalized spacial score (nSPS) is 19.4. The van der Waals surface area contributed by atoms with Crippen molar-refractivity contribution in [2.24, 2.45) is 0 Å². The molecule has 190 valence electrons. The van der Waals surface area contributed by atoms with Crippen LogP contribution in [0.4, 0.5) is 0 Å². The second kappa shape index (κ2) is 11.6. The molecule has 36 heavy (non-hydrogen) atoms. The summed E-state index contributed by atoms with van der Waals surface area (Å²) in [4.78, 5) is 13.9. The van der Waals surface area contributed by atoms with Crippen LogP contribution in [0.3, 0.4) is 0 Å². The molecule has 1 unspecified atom stereocenters. The lowest BCUT2D eigenvalue weighted by atomic mass is 9.92. The summed E-state index contributed by atoms with van der Waals surface area (Å²) in [5.74, 6) is 2.15. The van der Waals surface area contributed by atoms with E-state index in [1.54, 1.807) is 32.1 Å². The van der Waals surface area contributed by atoms with Crippen molar-refractivity contribution >= 4 is 11.0 Å². The zero-order valence-electron chi connectivity index (χ0n) is 21.0. The van der Waals surface area contributed by atoms with E-state index < -0.39 is 0 Å². The molecule has 0 radical (unpaired) electrons. The number of ether oxygens (including phenoxy) is 4. The number of hydrogen-bond donors (Lipinski definition) is 0. The number of likely N-dealkylation sites (tertiary alicyclic amines) is 1. The summed E-state index contributed by atoms with van der Waals surface area (Å²) in [7, 11) is 3.86. The molecular formula is C28H34N4O4. The molecule has 0 spiro atoms. The summed E-state index contributed by atoms with van der Waals surface area (Å²) >= 11 is 0. The topological polar surface area (TPSA) is 69.2 Å². The number of fused-ring (bicyclic) bond motifs is 1. The van der Waals surface area contributed by atoms with E-state index >= 15 is 0 Å². The highest BCUT2D eigenvalue weighted by Gasteiger charge is 2.33. The minimum atomic E-state index is 0.0879. The van der Waals surface area contributed by atoms with Gasteiger partial charge in [-0.05, 0) is 63.5 Å². The highest BCUT2D eigenvalue weighted by molar-refractivity contribution is 5.76. The molecule has 1 fully saturated rings. The van der Waals surface area contributed by atoms with Gasteiger partial charge in [-0.25, -0.2) is 9.97 Å². The van der Waals surface area contributed by atoms with Crippen LogP contribution in [0.5, 0.6) is 11.6 Å². The van der Waals surface area contributed by atoms with Gasteiger partial charge in [0.25, 0.3) is 0 Å². The Hall–Kier alpha value is -3.36. The van der Waals surface area contributed by atoms with E-state index in [2.05, 4.69) is 45.0 Å². The summed E-state index contributed by atoms with van der Waals surface area (Å²) in [5, 5.41) is 0. The number of nitrogens with zero attached hydrogens (tertiary/aromatic N) is 4. The molecule has 0 saturated carbocycles. The number of allylic oxidation sites excluding steroid dienone is 3. The number of methoxy groups -OCH3 is 1. The van der Waals surface area contributed by atoms with Crippen molar-refractivity contribution in [2.45, 2.75) is 37.8 Å². The van der Waals surface area contributed by atoms with Crippen molar-refractivity contribution in [3.8, 4) is 11.6 Å². The minimum absolute atomic E-state index is 0.0879. The number of aromatic nitrogens is 2. The summed E-state index contributed by atoms with van der Waals surface area (Å²) < 4.78 is 22.5. The number of hydrogen-bond acceptors (Lipinski definition) is 8. The van der Waals surface area contributed by atoms with Gasteiger partial charge in [-0.2, -0.15) is 0 Å². The molecule has 8 nitrogen and oxygen atoms in total. The third-order valence-corrected chi connectivity index (χ3v) is 7.11. The van der Waals surface area contributed by atoms with E-state index in [-0.39, 0.29) is 6.04 Å². The monoisotopic (exact) mass is 490 g/mol. The van der Waals surface area contributed by atoms with E-state index in [1.807, 2.05) is 18.2 Å². The van der Waals surface area contributed by atoms with Gasteiger partial charge >= 0.3 is 0 Å². The fraction of sp³-hybridized carbons (Fsp3) is 0.429. The molecule has 1 aliphatic carbocycles. The number of rotatable bonds is 9. The summed E-state index contributed by atoms with van der Waals surface area (Å²) in [5.41, 5.74) is 2.96. The maximum absolute atomic E-state index is 5.94. The lowest BCUT2D eigenvalue weighted by molar-refractivity contribution is 0.0866. The molecule has 1 aromatic heterocycles. The molecule has 8 heteroatoms. The van der Waals surface area contributed by atoms with Crippen LogP contribution in [0.2, 0.25) is 0 Å². The lowest BCUT2D eigenvalue weighted by Gasteiger charge is -2.41. The molecule has 0 bridgehead atoms. The van der Waals surface area contributed by atoms with Crippen LogP contribution in [-0.4, -0.2) is 72.3 Å². The molecule has 5 rings (SSSR count). The summed E-state index contributed by atoms with van der Waals surface area (Å²) in [6.45, 7) is 3.50. The van der Waals surface area contributed by atoms with Gasteiger partial charge in [0, 0.05) is 18.7 Å². The van der Waals surface area contributed by atoms with E-state index in [1.165, 1.54) is 5.57 Å². The lowest BCUT2D eigenvalue weighted by Crippen LogP contribution is -2.49. The van der Waals surface area contributed by atoms with E-state index in [9.17, 15) is 0 Å². The predicted octanol–water partition coefficient (Wildman–Crippen LogP) is 4.42. The van der Waals surface area contributed by atoms with Gasteiger partial charge < -0.3 is 18.9 Å². The van der Waals surface area contributed by atoms with Gasteiger partial charge in [-0.15, -0.1) is 0 Å². The number of benzene rings is 1. The Morgan fingerprint density at radius 3 is 2.83 bits per heavy atom. The first-order chi connectivity index (χ1) is 17.7. The second-order valence-corrected chi connectivity index (χ2v) is 9.31. The zero-order valence-corrected chi connectivity index (χ0v) is 21.0. The Morgan fingerprint density at radius 2 is 2.08 bits per heavy atom. The third-order valence-electron chi connectivity index (χ3n) is 7.11. The summed E-state index contributed by atoms with van der Waals surface area (Å²) in [6.07, 6.45) is 17.5. The molecule has 0 amide bonds. The highest BCUT2D eigenvalue weighted by atomic mass is 16.5. The van der Waals surface area contributed by atoms with Crippen LogP contribution in [0.25, 0.3) is 11.0 Å². The Balaban J connectivity index is 1.14. The zero-order chi connectivity index (χ0) is 24.7. The van der Waals surface area contributed by atoms with E-state index in [4.69, 9.17) is 18.9 Å². The van der Waals surface area contributed by atoms with Crippen molar-refractivity contribution in [1.29, 1.82) is 0 Å². The SMILES string of the molecule is COc1ccc2ncc(OCCN3CCC(N(C)C(C4=CC=CCC4)C4=COC=CO4)CC3)nc2c1. The van der Waals surface area contributed by atoms with Crippen molar-refractivity contribution < 1.29 is 18.9 Å². The largest absolute Gasteiger partial charge is 0.497 e. The predicted molar refractivity (Wildman–Crippen MR) is 138 cm³/mol. The second-order valence-electron chi connectivity index (χ2n) is 9.31. The van der Waals surface area contributed by atoms with Gasteiger partial charge in [-0.3, -0.25) is 9.80 Å². The molecule has 1 atom stereocenters. The first-order valence-electron chi connectivity index (χ1n) is 12.6. The van der Waals surface area contributed by atoms with Gasteiger partial charge in [-0.1, -0.05) is 18.2 Å². The smallest absolute Gasteiger partial charge is 0.232 e. The highest BCUT2D eigenvalue weighted by Crippen LogP contribution is 2.30. The average molecular weight is 491 g/mol. The van der Waals surface area contributed by atoms with E-state index in [0.717, 1.165) is 67.9 Å². The van der Waals surface area contributed by atoms with Crippen molar-refractivity contribution in [3.63, 3.8) is 0 Å². The van der Waals surface area contributed by atoms with Crippen molar-refractivity contribution in [3.05, 3.63) is 72.7 Å². The van der Waals surface area contributed by atoms with Crippen LogP contribution in [0.1, 0.15) is 25.7 Å². The molecule has 2 aromatic rings. The Kier molecular flexibility index (Phi) is 7.83. The van der Waals surface area contributed by atoms with Gasteiger partial charge in [0.05, 0.1) is 30.4 Å². The first-order valence-corrected chi connectivity index (χ1v) is 12.6.